The van der Waals surface area contributed by atoms with Gasteiger partial charge >= 0.3 is 0 Å². The van der Waals surface area contributed by atoms with Crippen molar-refractivity contribution >= 4 is 17.2 Å². The van der Waals surface area contributed by atoms with E-state index in [1.807, 2.05) is 0 Å². The fourth-order valence-corrected chi connectivity index (χ4v) is 4.17. The minimum atomic E-state index is -0.364. The lowest BCUT2D eigenvalue weighted by atomic mass is 10.0. The van der Waals surface area contributed by atoms with E-state index in [1.165, 1.54) is 40.3 Å². The van der Waals surface area contributed by atoms with Crippen LogP contribution >= 0.6 is 11.3 Å². The Hall–Kier alpha value is -2.53. The fraction of sp³-hybridized carbons (Fsp3) is 0.273. The molecule has 1 heterocycles. The van der Waals surface area contributed by atoms with Crippen LogP contribution in [-0.4, -0.2) is 10.5 Å². The summed E-state index contributed by atoms with van der Waals surface area (Å²) in [5.41, 5.74) is 5.15. The van der Waals surface area contributed by atoms with Crippen molar-refractivity contribution in [3.8, 4) is 11.3 Å². The van der Waals surface area contributed by atoms with Gasteiger partial charge in [-0.3, -0.25) is 4.79 Å². The Bertz CT molecular complexity index is 1050. The quantitative estimate of drug-likeness (QED) is 0.603. The molecule has 0 saturated heterocycles. The van der Waals surface area contributed by atoms with Gasteiger partial charge in [-0.25, -0.2) is 4.39 Å². The summed E-state index contributed by atoms with van der Waals surface area (Å²) < 4.78 is 15.2. The lowest BCUT2D eigenvalue weighted by Gasteiger charge is -2.10. The van der Waals surface area contributed by atoms with E-state index in [0.717, 1.165) is 17.7 Å². The molecule has 0 unspecified atom stereocenters. The van der Waals surface area contributed by atoms with E-state index in [4.69, 9.17) is 0 Å². The highest BCUT2D eigenvalue weighted by Gasteiger charge is 2.15. The molecule has 0 spiro atoms. The molecule has 0 aliphatic heterocycles. The van der Waals surface area contributed by atoms with Crippen molar-refractivity contribution in [2.75, 3.05) is 0 Å². The Labute approximate surface area is 162 Å². The number of carbonyl (C=O) groups excluding carboxylic acids is 1. The number of halogens is 1. The number of amides is 1. The Morgan fingerprint density at radius 1 is 1.07 bits per heavy atom. The van der Waals surface area contributed by atoms with Gasteiger partial charge in [-0.2, -0.15) is 4.99 Å². The smallest absolute Gasteiger partial charge is 0.279 e. The van der Waals surface area contributed by atoms with Gasteiger partial charge in [0.2, 0.25) is 0 Å². The topological polar surface area (TPSA) is 34.4 Å². The first-order chi connectivity index (χ1) is 12.9. The van der Waals surface area contributed by atoms with Crippen molar-refractivity contribution in [2.24, 2.45) is 4.99 Å². The van der Waals surface area contributed by atoms with E-state index in [-0.39, 0.29) is 11.7 Å². The van der Waals surface area contributed by atoms with Crippen LogP contribution in [0.2, 0.25) is 0 Å². The van der Waals surface area contributed by atoms with E-state index < -0.39 is 0 Å². The summed E-state index contributed by atoms with van der Waals surface area (Å²) >= 11 is 1.54. The molecule has 0 bridgehead atoms. The second kappa shape index (κ2) is 8.01. The molecule has 5 heteroatoms. The molecule has 0 radical (unpaired) electrons. The van der Waals surface area contributed by atoms with Gasteiger partial charge in [0.1, 0.15) is 5.82 Å². The zero-order valence-electron chi connectivity index (χ0n) is 16.0. The minimum absolute atomic E-state index is 0.354. The number of thiazole rings is 1. The molecule has 0 saturated carbocycles. The summed E-state index contributed by atoms with van der Waals surface area (Å²) in [4.78, 5) is 18.8. The van der Waals surface area contributed by atoms with Crippen molar-refractivity contribution in [1.29, 1.82) is 0 Å². The average Bonchev–Trinajstić information content (AvgIpc) is 3.01. The molecule has 140 valence electrons. The van der Waals surface area contributed by atoms with Crippen molar-refractivity contribution in [2.45, 2.75) is 40.7 Å². The standard InChI is InChI=1S/C22H23FN2OS/c1-5-19-20(17-8-7-14(3)15(4)13-17)25(6-2)22(27-19)24-21(26)16-9-11-18(23)12-10-16/h7-13H,5-6H2,1-4H3. The van der Waals surface area contributed by atoms with Gasteiger partial charge in [-0.05, 0) is 74.2 Å². The number of hydrogen-bond acceptors (Lipinski definition) is 2. The number of rotatable bonds is 4. The predicted molar refractivity (Wildman–Crippen MR) is 109 cm³/mol. The van der Waals surface area contributed by atoms with Crippen LogP contribution in [0.25, 0.3) is 11.3 Å². The second-order valence-electron chi connectivity index (χ2n) is 6.48. The van der Waals surface area contributed by atoms with Crippen molar-refractivity contribution in [3.05, 3.63) is 74.7 Å². The van der Waals surface area contributed by atoms with Crippen LogP contribution in [0.5, 0.6) is 0 Å². The maximum atomic E-state index is 13.1. The Morgan fingerprint density at radius 2 is 1.78 bits per heavy atom. The Kier molecular flexibility index (Phi) is 5.71. The van der Waals surface area contributed by atoms with Gasteiger partial charge in [0.25, 0.3) is 5.91 Å². The van der Waals surface area contributed by atoms with Crippen LogP contribution in [0, 0.1) is 19.7 Å². The fourth-order valence-electron chi connectivity index (χ4n) is 3.03. The maximum absolute atomic E-state index is 13.1. The summed E-state index contributed by atoms with van der Waals surface area (Å²) in [5, 5.41) is 0. The number of aryl methyl sites for hydroxylation is 3. The Balaban J connectivity index is 2.14. The SMILES string of the molecule is CCc1sc(=NC(=O)c2ccc(F)cc2)n(CC)c1-c1ccc(C)c(C)c1. The number of carbonyl (C=O) groups is 1. The molecule has 2 aromatic carbocycles. The first-order valence-electron chi connectivity index (χ1n) is 9.09. The molecule has 0 N–H and O–H groups in total. The normalized spacial score (nSPS) is 11.8. The molecular formula is C22H23FN2OS. The van der Waals surface area contributed by atoms with Crippen molar-refractivity contribution in [3.63, 3.8) is 0 Å². The van der Waals surface area contributed by atoms with Gasteiger partial charge in [0.05, 0.1) is 5.69 Å². The average molecular weight is 383 g/mol. The minimum Gasteiger partial charge on any atom is -0.316 e. The lowest BCUT2D eigenvalue weighted by molar-refractivity contribution is 0.0998. The molecule has 0 aliphatic rings. The zero-order chi connectivity index (χ0) is 19.6. The van der Waals surface area contributed by atoms with Crippen LogP contribution in [-0.2, 0) is 13.0 Å². The van der Waals surface area contributed by atoms with Crippen LogP contribution < -0.4 is 4.80 Å². The molecule has 1 aromatic heterocycles. The molecule has 0 fully saturated rings. The molecule has 0 aliphatic carbocycles. The molecule has 3 nitrogen and oxygen atoms in total. The monoisotopic (exact) mass is 382 g/mol. The number of hydrogen-bond donors (Lipinski definition) is 0. The second-order valence-corrected chi connectivity index (χ2v) is 7.54. The summed E-state index contributed by atoms with van der Waals surface area (Å²) in [6.07, 6.45) is 0.868. The van der Waals surface area contributed by atoms with Crippen molar-refractivity contribution in [1.82, 2.24) is 4.57 Å². The van der Waals surface area contributed by atoms with E-state index in [0.29, 0.717) is 16.9 Å². The van der Waals surface area contributed by atoms with Gasteiger partial charge in [0.15, 0.2) is 4.80 Å². The number of nitrogens with zero attached hydrogens (tertiary/aromatic N) is 2. The summed E-state index contributed by atoms with van der Waals surface area (Å²) in [6, 6.07) is 11.9. The first kappa shape index (κ1) is 19.2. The van der Waals surface area contributed by atoms with Gasteiger partial charge < -0.3 is 4.57 Å². The van der Waals surface area contributed by atoms with E-state index in [9.17, 15) is 9.18 Å². The van der Waals surface area contributed by atoms with Gasteiger partial charge in [-0.1, -0.05) is 19.1 Å². The van der Waals surface area contributed by atoms with Crippen LogP contribution in [0.15, 0.2) is 47.5 Å². The van der Waals surface area contributed by atoms with E-state index in [2.05, 4.69) is 55.5 Å². The molecule has 1 amide bonds. The van der Waals surface area contributed by atoms with Crippen molar-refractivity contribution < 1.29 is 9.18 Å². The van der Waals surface area contributed by atoms with Crippen LogP contribution in [0.1, 0.15) is 40.2 Å². The third-order valence-electron chi connectivity index (χ3n) is 4.69. The highest BCUT2D eigenvalue weighted by Crippen LogP contribution is 2.28. The van der Waals surface area contributed by atoms with Crippen LogP contribution in [0.3, 0.4) is 0 Å². The molecule has 0 atom stereocenters. The summed E-state index contributed by atoms with van der Waals surface area (Å²) in [7, 11) is 0. The summed E-state index contributed by atoms with van der Waals surface area (Å²) in [5.74, 6) is -0.718. The molecule has 3 rings (SSSR count). The van der Waals surface area contributed by atoms with E-state index in [1.54, 1.807) is 11.3 Å². The highest BCUT2D eigenvalue weighted by molar-refractivity contribution is 7.09. The maximum Gasteiger partial charge on any atom is 0.279 e. The predicted octanol–water partition coefficient (Wildman–Crippen LogP) is 5.30. The third kappa shape index (κ3) is 3.93. The molecular weight excluding hydrogens is 359 g/mol. The van der Waals surface area contributed by atoms with Gasteiger partial charge in [0, 0.05) is 17.0 Å². The first-order valence-corrected chi connectivity index (χ1v) is 9.91. The molecule has 3 aromatic rings. The summed E-state index contributed by atoms with van der Waals surface area (Å²) in [6.45, 7) is 9.09. The Morgan fingerprint density at radius 3 is 2.37 bits per heavy atom. The van der Waals surface area contributed by atoms with Gasteiger partial charge in [-0.15, -0.1) is 11.3 Å². The zero-order valence-corrected chi connectivity index (χ0v) is 16.9. The van der Waals surface area contributed by atoms with Crippen LogP contribution in [0.4, 0.5) is 4.39 Å². The number of benzene rings is 2. The third-order valence-corrected chi connectivity index (χ3v) is 5.91. The largest absolute Gasteiger partial charge is 0.316 e. The number of aromatic nitrogens is 1. The lowest BCUT2D eigenvalue weighted by Crippen LogP contribution is -2.17. The molecule has 27 heavy (non-hydrogen) atoms. The van der Waals surface area contributed by atoms with E-state index >= 15 is 0 Å². The highest BCUT2D eigenvalue weighted by atomic mass is 32.1.